The lowest BCUT2D eigenvalue weighted by molar-refractivity contribution is -0.130. The third-order valence-corrected chi connectivity index (χ3v) is 3.24. The van der Waals surface area contributed by atoms with Crippen molar-refractivity contribution in [3.05, 3.63) is 18.2 Å². The molecule has 2 rings (SSSR count). The number of carbonyl (C=O) groups excluding carboxylic acids is 1. The number of imidazole rings is 1. The van der Waals surface area contributed by atoms with Gasteiger partial charge in [0.2, 0.25) is 5.91 Å². The third-order valence-electron chi connectivity index (χ3n) is 3.24. The molecule has 5 heteroatoms. The lowest BCUT2D eigenvalue weighted by Crippen LogP contribution is -2.41. The van der Waals surface area contributed by atoms with E-state index in [0.717, 1.165) is 18.8 Å². The van der Waals surface area contributed by atoms with Gasteiger partial charge in [-0.05, 0) is 27.2 Å². The average Bonchev–Trinajstić information content (AvgIpc) is 2.89. The predicted octanol–water partition coefficient (Wildman–Crippen LogP) is 1.07. The molecule has 2 N–H and O–H groups in total. The molecule has 94 valence electrons. The van der Waals surface area contributed by atoms with Crippen LogP contribution >= 0.6 is 0 Å². The van der Waals surface area contributed by atoms with Gasteiger partial charge in [-0.2, -0.15) is 0 Å². The molecular weight excluding hydrogens is 216 g/mol. The monoisotopic (exact) mass is 236 g/mol. The highest BCUT2D eigenvalue weighted by atomic mass is 16.2. The molecule has 17 heavy (non-hydrogen) atoms. The molecule has 1 fully saturated rings. The molecule has 0 bridgehead atoms. The van der Waals surface area contributed by atoms with E-state index in [1.165, 1.54) is 0 Å². The zero-order chi connectivity index (χ0) is 12.4. The van der Waals surface area contributed by atoms with Gasteiger partial charge in [0.05, 0.1) is 12.1 Å². The van der Waals surface area contributed by atoms with Crippen LogP contribution in [-0.2, 0) is 4.79 Å². The lowest BCUT2D eigenvalue weighted by Gasteiger charge is -2.22. The van der Waals surface area contributed by atoms with Crippen molar-refractivity contribution in [2.75, 3.05) is 6.54 Å². The fourth-order valence-electron chi connectivity index (χ4n) is 2.26. The van der Waals surface area contributed by atoms with Crippen LogP contribution in [0.5, 0.6) is 0 Å². The summed E-state index contributed by atoms with van der Waals surface area (Å²) in [5, 5.41) is 3.33. The molecule has 1 aromatic heterocycles. The van der Waals surface area contributed by atoms with Gasteiger partial charge in [0.15, 0.2) is 0 Å². The van der Waals surface area contributed by atoms with Crippen LogP contribution in [0.1, 0.15) is 39.1 Å². The molecule has 0 saturated carbocycles. The largest absolute Gasteiger partial charge is 0.347 e. The quantitative estimate of drug-likeness (QED) is 0.822. The minimum atomic E-state index is -0.0718. The number of amides is 1. The molecule has 0 spiro atoms. The fourth-order valence-corrected chi connectivity index (χ4v) is 2.26. The molecule has 0 radical (unpaired) electrons. The highest BCUT2D eigenvalue weighted by Gasteiger charge is 2.33. The SMILES string of the molecule is CC(C)N1CC[C@@H](N[C@@H](C)c2ncc[nH]2)C1=O. The van der Waals surface area contributed by atoms with E-state index < -0.39 is 0 Å². The Hall–Kier alpha value is -1.36. The number of likely N-dealkylation sites (tertiary alicyclic amines) is 1. The van der Waals surface area contributed by atoms with Gasteiger partial charge in [-0.3, -0.25) is 10.1 Å². The summed E-state index contributed by atoms with van der Waals surface area (Å²) in [7, 11) is 0. The van der Waals surface area contributed by atoms with Crippen LogP contribution in [0.4, 0.5) is 0 Å². The maximum absolute atomic E-state index is 12.1. The van der Waals surface area contributed by atoms with Crippen LogP contribution in [0.3, 0.4) is 0 Å². The van der Waals surface area contributed by atoms with Crippen molar-refractivity contribution in [1.82, 2.24) is 20.2 Å². The van der Waals surface area contributed by atoms with E-state index in [1.807, 2.05) is 11.8 Å². The molecule has 1 amide bonds. The highest BCUT2D eigenvalue weighted by molar-refractivity contribution is 5.84. The van der Waals surface area contributed by atoms with Crippen molar-refractivity contribution in [3.63, 3.8) is 0 Å². The first-order valence-electron chi connectivity index (χ1n) is 6.15. The summed E-state index contributed by atoms with van der Waals surface area (Å²) in [6.45, 7) is 6.97. The van der Waals surface area contributed by atoms with Gasteiger partial charge in [-0.1, -0.05) is 0 Å². The van der Waals surface area contributed by atoms with E-state index in [4.69, 9.17) is 0 Å². The number of H-pyrrole nitrogens is 1. The Morgan fingerprint density at radius 1 is 1.53 bits per heavy atom. The summed E-state index contributed by atoms with van der Waals surface area (Å²) in [5.41, 5.74) is 0. The second kappa shape index (κ2) is 4.87. The Bertz CT molecular complexity index is 374. The molecule has 0 aromatic carbocycles. The molecule has 0 unspecified atom stereocenters. The van der Waals surface area contributed by atoms with Crippen molar-refractivity contribution in [2.24, 2.45) is 0 Å². The van der Waals surface area contributed by atoms with Crippen LogP contribution in [0.15, 0.2) is 12.4 Å². The first kappa shape index (κ1) is 12.1. The Morgan fingerprint density at radius 2 is 2.29 bits per heavy atom. The van der Waals surface area contributed by atoms with Crippen molar-refractivity contribution < 1.29 is 4.79 Å². The van der Waals surface area contributed by atoms with E-state index in [9.17, 15) is 4.79 Å². The molecule has 5 nitrogen and oxygen atoms in total. The molecule has 2 heterocycles. The zero-order valence-electron chi connectivity index (χ0n) is 10.6. The Labute approximate surface area is 102 Å². The first-order valence-corrected chi connectivity index (χ1v) is 6.15. The Kier molecular flexibility index (Phi) is 3.47. The normalized spacial score (nSPS) is 22.5. The number of rotatable bonds is 4. The van der Waals surface area contributed by atoms with Crippen LogP contribution in [-0.4, -0.2) is 39.4 Å². The van der Waals surface area contributed by atoms with Crippen LogP contribution < -0.4 is 5.32 Å². The second-order valence-corrected chi connectivity index (χ2v) is 4.83. The summed E-state index contributed by atoms with van der Waals surface area (Å²) in [5.74, 6) is 1.08. The van der Waals surface area contributed by atoms with E-state index in [0.29, 0.717) is 0 Å². The zero-order valence-corrected chi connectivity index (χ0v) is 10.6. The molecule has 1 saturated heterocycles. The van der Waals surface area contributed by atoms with Crippen molar-refractivity contribution in [3.8, 4) is 0 Å². The molecule has 1 aromatic rings. The number of carbonyl (C=O) groups is 1. The van der Waals surface area contributed by atoms with Gasteiger partial charge in [-0.25, -0.2) is 4.98 Å². The van der Waals surface area contributed by atoms with E-state index in [-0.39, 0.29) is 24.0 Å². The van der Waals surface area contributed by atoms with Gasteiger partial charge in [0.25, 0.3) is 0 Å². The van der Waals surface area contributed by atoms with Gasteiger partial charge >= 0.3 is 0 Å². The van der Waals surface area contributed by atoms with E-state index >= 15 is 0 Å². The number of aromatic nitrogens is 2. The van der Waals surface area contributed by atoms with Gasteiger partial charge in [0.1, 0.15) is 5.82 Å². The summed E-state index contributed by atoms with van der Waals surface area (Å²) < 4.78 is 0. The predicted molar refractivity (Wildman–Crippen MR) is 65.4 cm³/mol. The van der Waals surface area contributed by atoms with E-state index in [1.54, 1.807) is 12.4 Å². The number of nitrogens with one attached hydrogen (secondary N) is 2. The topological polar surface area (TPSA) is 61.0 Å². The summed E-state index contributed by atoms with van der Waals surface area (Å²) in [6, 6.07) is 0.289. The number of hydrogen-bond donors (Lipinski definition) is 2. The highest BCUT2D eigenvalue weighted by Crippen LogP contribution is 2.17. The maximum atomic E-state index is 12.1. The smallest absolute Gasteiger partial charge is 0.240 e. The molecule has 1 aliphatic heterocycles. The number of nitrogens with zero attached hydrogens (tertiary/aromatic N) is 2. The molecule has 2 atom stereocenters. The van der Waals surface area contributed by atoms with Gasteiger partial charge in [-0.15, -0.1) is 0 Å². The van der Waals surface area contributed by atoms with Crippen LogP contribution in [0.2, 0.25) is 0 Å². The van der Waals surface area contributed by atoms with Crippen molar-refractivity contribution in [2.45, 2.75) is 45.3 Å². The van der Waals surface area contributed by atoms with Crippen LogP contribution in [0.25, 0.3) is 0 Å². The summed E-state index contributed by atoms with van der Waals surface area (Å²) in [6.07, 6.45) is 4.40. The Morgan fingerprint density at radius 3 is 2.82 bits per heavy atom. The minimum absolute atomic E-state index is 0.0718. The molecule has 1 aliphatic rings. The van der Waals surface area contributed by atoms with Crippen LogP contribution in [0, 0.1) is 0 Å². The lowest BCUT2D eigenvalue weighted by atomic mass is 10.2. The molecule has 0 aliphatic carbocycles. The molecular formula is C12H20N4O. The number of aromatic amines is 1. The van der Waals surface area contributed by atoms with E-state index in [2.05, 4.69) is 29.1 Å². The Balaban J connectivity index is 1.95. The second-order valence-electron chi connectivity index (χ2n) is 4.83. The average molecular weight is 236 g/mol. The number of hydrogen-bond acceptors (Lipinski definition) is 3. The maximum Gasteiger partial charge on any atom is 0.240 e. The fraction of sp³-hybridized carbons (Fsp3) is 0.667. The standard InChI is InChI=1S/C12H20N4O/c1-8(2)16-7-4-10(12(16)17)15-9(3)11-13-5-6-14-11/h5-6,8-10,15H,4,7H2,1-3H3,(H,13,14)/t9-,10+/m0/s1. The third kappa shape index (κ3) is 2.49. The van der Waals surface area contributed by atoms with Gasteiger partial charge < -0.3 is 9.88 Å². The minimum Gasteiger partial charge on any atom is -0.347 e. The summed E-state index contributed by atoms with van der Waals surface area (Å²) >= 11 is 0. The van der Waals surface area contributed by atoms with Crippen molar-refractivity contribution in [1.29, 1.82) is 0 Å². The summed E-state index contributed by atoms with van der Waals surface area (Å²) in [4.78, 5) is 21.3. The first-order chi connectivity index (χ1) is 8.09. The van der Waals surface area contributed by atoms with Crippen molar-refractivity contribution >= 4 is 5.91 Å². The van der Waals surface area contributed by atoms with Gasteiger partial charge in [0, 0.05) is 25.0 Å².